The number of nitrogens with zero attached hydrogens (tertiary/aromatic N) is 3. The number of hydrogen-bond acceptors (Lipinski definition) is 3. The lowest BCUT2D eigenvalue weighted by atomic mass is 10.1. The first-order valence-corrected chi connectivity index (χ1v) is 6.94. The van der Waals surface area contributed by atoms with Crippen molar-refractivity contribution < 1.29 is 4.74 Å². The molecule has 1 atom stereocenters. The van der Waals surface area contributed by atoms with E-state index in [2.05, 4.69) is 41.8 Å². The Bertz CT molecular complexity index is 558. The van der Waals surface area contributed by atoms with E-state index in [0.29, 0.717) is 6.04 Å². The maximum absolute atomic E-state index is 5.56. The van der Waals surface area contributed by atoms with Gasteiger partial charge in [-0.25, -0.2) is 4.98 Å². The van der Waals surface area contributed by atoms with Gasteiger partial charge in [0, 0.05) is 19.7 Å². The number of aromatic nitrogens is 2. The van der Waals surface area contributed by atoms with E-state index in [1.165, 1.54) is 11.9 Å². The molecule has 1 aliphatic heterocycles. The molecule has 0 unspecified atom stereocenters. The lowest BCUT2D eigenvalue weighted by molar-refractivity contribution is 0.0240. The maximum atomic E-state index is 5.56. The summed E-state index contributed by atoms with van der Waals surface area (Å²) in [4.78, 5) is 7.09. The number of likely N-dealkylation sites (N-methyl/N-ethyl adjacent to an activating group) is 1. The first kappa shape index (κ1) is 12.6. The average molecular weight is 259 g/mol. The highest BCUT2D eigenvalue weighted by Crippen LogP contribution is 2.18. The Morgan fingerprint density at radius 3 is 3.00 bits per heavy atom. The third-order valence-corrected chi connectivity index (χ3v) is 4.03. The first-order valence-electron chi connectivity index (χ1n) is 6.94. The van der Waals surface area contributed by atoms with Crippen molar-refractivity contribution in [2.75, 3.05) is 20.3 Å². The smallest absolute Gasteiger partial charge is 0.123 e. The van der Waals surface area contributed by atoms with Crippen molar-refractivity contribution >= 4 is 11.0 Å². The van der Waals surface area contributed by atoms with Crippen LogP contribution in [0.3, 0.4) is 0 Å². The molecule has 2 heterocycles. The van der Waals surface area contributed by atoms with Gasteiger partial charge in [0.05, 0.1) is 24.2 Å². The summed E-state index contributed by atoms with van der Waals surface area (Å²) in [6.45, 7) is 2.64. The molecule has 0 saturated carbocycles. The third-order valence-electron chi connectivity index (χ3n) is 4.03. The molecule has 0 aliphatic carbocycles. The van der Waals surface area contributed by atoms with E-state index in [9.17, 15) is 0 Å². The SMILES string of the molecule is CN(Cc1nc2ccccc2n1C)[C@@H]1CCCOC1. The van der Waals surface area contributed by atoms with Gasteiger partial charge in [0.1, 0.15) is 5.82 Å². The number of rotatable bonds is 3. The van der Waals surface area contributed by atoms with E-state index in [1.54, 1.807) is 0 Å². The van der Waals surface area contributed by atoms with E-state index < -0.39 is 0 Å². The largest absolute Gasteiger partial charge is 0.380 e. The van der Waals surface area contributed by atoms with Crippen LogP contribution in [-0.4, -0.2) is 40.8 Å². The van der Waals surface area contributed by atoms with Gasteiger partial charge in [-0.05, 0) is 32.0 Å². The van der Waals surface area contributed by atoms with Crippen LogP contribution < -0.4 is 0 Å². The summed E-state index contributed by atoms with van der Waals surface area (Å²) in [5, 5.41) is 0. The highest BCUT2D eigenvalue weighted by molar-refractivity contribution is 5.75. The molecule has 4 heteroatoms. The molecule has 3 rings (SSSR count). The Kier molecular flexibility index (Phi) is 3.53. The molecule has 4 nitrogen and oxygen atoms in total. The van der Waals surface area contributed by atoms with Crippen LogP contribution in [0.25, 0.3) is 11.0 Å². The van der Waals surface area contributed by atoms with Gasteiger partial charge in [-0.3, -0.25) is 4.90 Å². The minimum absolute atomic E-state index is 0.522. The quantitative estimate of drug-likeness (QED) is 0.846. The summed E-state index contributed by atoms with van der Waals surface area (Å²) < 4.78 is 7.75. The zero-order valence-electron chi connectivity index (χ0n) is 11.7. The van der Waals surface area contributed by atoms with E-state index in [4.69, 9.17) is 9.72 Å². The molecule has 0 amide bonds. The van der Waals surface area contributed by atoms with Gasteiger partial charge in [-0.1, -0.05) is 12.1 Å². The number of hydrogen-bond donors (Lipinski definition) is 0. The molecule has 2 aromatic rings. The lowest BCUT2D eigenvalue weighted by Gasteiger charge is -2.30. The number of benzene rings is 1. The number of ether oxygens (including phenoxy) is 1. The monoisotopic (exact) mass is 259 g/mol. The molecule has 1 aromatic carbocycles. The van der Waals surface area contributed by atoms with E-state index in [-0.39, 0.29) is 0 Å². The van der Waals surface area contributed by atoms with Crippen LogP contribution in [0.4, 0.5) is 0 Å². The normalized spacial score (nSPS) is 20.3. The molecule has 102 valence electrons. The third kappa shape index (κ3) is 2.51. The summed E-state index contributed by atoms with van der Waals surface area (Å²) in [5.74, 6) is 1.12. The molecule has 0 spiro atoms. The molecule has 0 N–H and O–H groups in total. The Morgan fingerprint density at radius 2 is 2.26 bits per heavy atom. The van der Waals surface area contributed by atoms with Crippen molar-refractivity contribution in [1.29, 1.82) is 0 Å². The number of aryl methyl sites for hydroxylation is 1. The fourth-order valence-electron chi connectivity index (χ4n) is 2.76. The van der Waals surface area contributed by atoms with Crippen molar-refractivity contribution in [3.63, 3.8) is 0 Å². The van der Waals surface area contributed by atoms with Gasteiger partial charge in [0.25, 0.3) is 0 Å². The predicted octanol–water partition coefficient (Wildman–Crippen LogP) is 2.18. The summed E-state index contributed by atoms with van der Waals surface area (Å²) in [6, 6.07) is 8.82. The second kappa shape index (κ2) is 5.31. The number of para-hydroxylation sites is 2. The molecular formula is C15H21N3O. The lowest BCUT2D eigenvalue weighted by Crippen LogP contribution is -2.38. The molecule has 1 aliphatic rings. The summed E-state index contributed by atoms with van der Waals surface area (Å²) in [6.07, 6.45) is 2.39. The zero-order valence-corrected chi connectivity index (χ0v) is 11.7. The Hall–Kier alpha value is -1.39. The van der Waals surface area contributed by atoms with E-state index >= 15 is 0 Å². The zero-order chi connectivity index (χ0) is 13.2. The highest BCUT2D eigenvalue weighted by atomic mass is 16.5. The summed E-state index contributed by atoms with van der Waals surface area (Å²) >= 11 is 0. The van der Waals surface area contributed by atoms with Crippen LogP contribution in [0.15, 0.2) is 24.3 Å². The fourth-order valence-corrected chi connectivity index (χ4v) is 2.76. The van der Waals surface area contributed by atoms with Crippen molar-refractivity contribution in [3.8, 4) is 0 Å². The van der Waals surface area contributed by atoms with Gasteiger partial charge in [0.2, 0.25) is 0 Å². The molecule has 1 aromatic heterocycles. The first-order chi connectivity index (χ1) is 9.25. The number of fused-ring (bicyclic) bond motifs is 1. The molecule has 1 saturated heterocycles. The molecule has 1 fully saturated rings. The fraction of sp³-hybridized carbons (Fsp3) is 0.533. The molecular weight excluding hydrogens is 238 g/mol. The van der Waals surface area contributed by atoms with Gasteiger partial charge in [0.15, 0.2) is 0 Å². The molecule has 19 heavy (non-hydrogen) atoms. The van der Waals surface area contributed by atoms with Gasteiger partial charge < -0.3 is 9.30 Å². The number of imidazole rings is 1. The van der Waals surface area contributed by atoms with Gasteiger partial charge >= 0.3 is 0 Å². The van der Waals surface area contributed by atoms with Crippen LogP contribution in [0, 0.1) is 0 Å². The van der Waals surface area contributed by atoms with Crippen LogP contribution in [0.2, 0.25) is 0 Å². The van der Waals surface area contributed by atoms with Crippen molar-refractivity contribution in [2.45, 2.75) is 25.4 Å². The van der Waals surface area contributed by atoms with Crippen molar-refractivity contribution in [2.24, 2.45) is 7.05 Å². The topological polar surface area (TPSA) is 30.3 Å². The van der Waals surface area contributed by atoms with Crippen LogP contribution in [0.5, 0.6) is 0 Å². The average Bonchev–Trinajstić information content (AvgIpc) is 2.77. The Morgan fingerprint density at radius 1 is 1.42 bits per heavy atom. The second-order valence-corrected chi connectivity index (χ2v) is 5.36. The predicted molar refractivity (Wildman–Crippen MR) is 76.0 cm³/mol. The summed E-state index contributed by atoms with van der Waals surface area (Å²) in [7, 11) is 4.26. The second-order valence-electron chi connectivity index (χ2n) is 5.36. The molecule has 0 bridgehead atoms. The van der Waals surface area contributed by atoms with Crippen LogP contribution in [0.1, 0.15) is 18.7 Å². The van der Waals surface area contributed by atoms with Gasteiger partial charge in [-0.2, -0.15) is 0 Å². The summed E-state index contributed by atoms with van der Waals surface area (Å²) in [5.41, 5.74) is 2.28. The van der Waals surface area contributed by atoms with Crippen LogP contribution >= 0.6 is 0 Å². The van der Waals surface area contributed by atoms with E-state index in [1.807, 2.05) is 6.07 Å². The minimum atomic E-state index is 0.522. The molecule has 0 radical (unpaired) electrons. The Balaban J connectivity index is 1.78. The highest BCUT2D eigenvalue weighted by Gasteiger charge is 2.20. The standard InChI is InChI=1S/C15H21N3O/c1-17(12-6-5-9-19-11-12)10-15-16-13-7-3-4-8-14(13)18(15)2/h3-4,7-8,12H,5-6,9-11H2,1-2H3/t12-/m1/s1. The van der Waals surface area contributed by atoms with Crippen molar-refractivity contribution in [3.05, 3.63) is 30.1 Å². The van der Waals surface area contributed by atoms with Crippen molar-refractivity contribution in [1.82, 2.24) is 14.5 Å². The Labute approximate surface area is 114 Å². The minimum Gasteiger partial charge on any atom is -0.380 e. The van der Waals surface area contributed by atoms with Crippen LogP contribution in [-0.2, 0) is 18.3 Å². The van der Waals surface area contributed by atoms with Gasteiger partial charge in [-0.15, -0.1) is 0 Å². The van der Waals surface area contributed by atoms with E-state index in [0.717, 1.165) is 37.5 Å². The maximum Gasteiger partial charge on any atom is 0.123 e.